The number of carbonyl (C=O) groups excluding carboxylic acids is 1. The quantitative estimate of drug-likeness (QED) is 0.741. The summed E-state index contributed by atoms with van der Waals surface area (Å²) in [6, 6.07) is 3.99. The van der Waals surface area contributed by atoms with Gasteiger partial charge in [0.2, 0.25) is 0 Å². The SMILES string of the molecule is COC(=O)c1ccc(C2CCCN2)nc1. The van der Waals surface area contributed by atoms with Gasteiger partial charge in [-0.15, -0.1) is 0 Å². The zero-order valence-corrected chi connectivity index (χ0v) is 8.69. The van der Waals surface area contributed by atoms with Crippen molar-refractivity contribution in [3.63, 3.8) is 0 Å². The maximum absolute atomic E-state index is 11.2. The molecule has 1 aromatic rings. The van der Waals surface area contributed by atoms with Gasteiger partial charge in [0.1, 0.15) is 0 Å². The van der Waals surface area contributed by atoms with E-state index in [0.29, 0.717) is 11.6 Å². The standard InChI is InChI=1S/C11H14N2O2/c1-15-11(14)8-4-5-10(13-7-8)9-3-2-6-12-9/h4-5,7,9,12H,2-3,6H2,1H3. The minimum absolute atomic E-state index is 0.339. The predicted molar refractivity (Wildman–Crippen MR) is 55.6 cm³/mol. The van der Waals surface area contributed by atoms with Crippen LogP contribution in [0.1, 0.15) is 34.9 Å². The summed E-state index contributed by atoms with van der Waals surface area (Å²) < 4.78 is 4.61. The number of nitrogens with zero attached hydrogens (tertiary/aromatic N) is 1. The van der Waals surface area contributed by atoms with Crippen LogP contribution in [0.15, 0.2) is 18.3 Å². The van der Waals surface area contributed by atoms with Crippen molar-refractivity contribution < 1.29 is 9.53 Å². The number of esters is 1. The number of hydrogen-bond donors (Lipinski definition) is 1. The Morgan fingerprint density at radius 3 is 3.00 bits per heavy atom. The number of rotatable bonds is 2. The maximum atomic E-state index is 11.2. The van der Waals surface area contributed by atoms with E-state index in [-0.39, 0.29) is 5.97 Å². The van der Waals surface area contributed by atoms with E-state index >= 15 is 0 Å². The predicted octanol–water partition coefficient (Wildman–Crippen LogP) is 1.29. The average Bonchev–Trinajstić information content (AvgIpc) is 2.82. The van der Waals surface area contributed by atoms with Gasteiger partial charge in [-0.1, -0.05) is 0 Å². The number of aromatic nitrogens is 1. The summed E-state index contributed by atoms with van der Waals surface area (Å²) in [6.45, 7) is 1.05. The van der Waals surface area contributed by atoms with Gasteiger partial charge in [-0.05, 0) is 31.5 Å². The first-order valence-corrected chi connectivity index (χ1v) is 5.09. The number of nitrogens with one attached hydrogen (secondary N) is 1. The van der Waals surface area contributed by atoms with Crippen molar-refractivity contribution in [1.82, 2.24) is 10.3 Å². The van der Waals surface area contributed by atoms with Crippen LogP contribution in [0.25, 0.3) is 0 Å². The van der Waals surface area contributed by atoms with E-state index in [1.54, 1.807) is 12.3 Å². The molecule has 1 aromatic heterocycles. The van der Waals surface area contributed by atoms with Crippen LogP contribution in [-0.4, -0.2) is 24.6 Å². The number of pyridine rings is 1. The molecule has 2 rings (SSSR count). The van der Waals surface area contributed by atoms with E-state index in [1.807, 2.05) is 6.07 Å². The molecule has 0 saturated carbocycles. The number of carbonyl (C=O) groups is 1. The minimum atomic E-state index is -0.339. The summed E-state index contributed by atoms with van der Waals surface area (Å²) in [7, 11) is 1.37. The Bertz CT molecular complexity index is 342. The van der Waals surface area contributed by atoms with Crippen LogP contribution in [0.2, 0.25) is 0 Å². The molecular formula is C11H14N2O2. The van der Waals surface area contributed by atoms with Gasteiger partial charge in [0.05, 0.1) is 18.4 Å². The molecule has 0 aromatic carbocycles. The van der Waals surface area contributed by atoms with Crippen molar-refractivity contribution in [2.75, 3.05) is 13.7 Å². The highest BCUT2D eigenvalue weighted by atomic mass is 16.5. The molecule has 0 aliphatic carbocycles. The number of hydrogen-bond acceptors (Lipinski definition) is 4. The lowest BCUT2D eigenvalue weighted by atomic mass is 10.1. The second-order valence-corrected chi connectivity index (χ2v) is 3.61. The van der Waals surface area contributed by atoms with Gasteiger partial charge in [0.15, 0.2) is 0 Å². The van der Waals surface area contributed by atoms with Crippen molar-refractivity contribution in [3.05, 3.63) is 29.6 Å². The zero-order chi connectivity index (χ0) is 10.7. The highest BCUT2D eigenvalue weighted by Crippen LogP contribution is 2.20. The van der Waals surface area contributed by atoms with Crippen LogP contribution in [0.3, 0.4) is 0 Å². The molecule has 2 heterocycles. The molecule has 1 saturated heterocycles. The van der Waals surface area contributed by atoms with Gasteiger partial charge in [0.25, 0.3) is 0 Å². The topological polar surface area (TPSA) is 51.2 Å². The minimum Gasteiger partial charge on any atom is -0.465 e. The molecule has 1 fully saturated rings. The van der Waals surface area contributed by atoms with Crippen molar-refractivity contribution in [3.8, 4) is 0 Å². The largest absolute Gasteiger partial charge is 0.465 e. The van der Waals surface area contributed by atoms with Crippen molar-refractivity contribution in [1.29, 1.82) is 0 Å². The van der Waals surface area contributed by atoms with Gasteiger partial charge in [0, 0.05) is 12.2 Å². The maximum Gasteiger partial charge on any atom is 0.339 e. The second-order valence-electron chi connectivity index (χ2n) is 3.61. The first kappa shape index (κ1) is 10.1. The first-order chi connectivity index (χ1) is 7.31. The Kier molecular flexibility index (Phi) is 2.97. The molecule has 15 heavy (non-hydrogen) atoms. The molecule has 4 nitrogen and oxygen atoms in total. The molecule has 1 N–H and O–H groups in total. The normalized spacial score (nSPS) is 20.2. The van der Waals surface area contributed by atoms with Gasteiger partial charge in [-0.2, -0.15) is 0 Å². The Balaban J connectivity index is 2.12. The van der Waals surface area contributed by atoms with Crippen LogP contribution in [0, 0.1) is 0 Å². The van der Waals surface area contributed by atoms with Crippen LogP contribution < -0.4 is 5.32 Å². The van der Waals surface area contributed by atoms with Gasteiger partial charge in [-0.3, -0.25) is 4.98 Å². The van der Waals surface area contributed by atoms with Crippen LogP contribution in [0.5, 0.6) is 0 Å². The molecule has 0 amide bonds. The lowest BCUT2D eigenvalue weighted by Gasteiger charge is -2.09. The Morgan fingerprint density at radius 2 is 2.47 bits per heavy atom. The lowest BCUT2D eigenvalue weighted by Crippen LogP contribution is -2.14. The summed E-state index contributed by atoms with van der Waals surface area (Å²) in [5, 5.41) is 3.36. The van der Waals surface area contributed by atoms with E-state index in [1.165, 1.54) is 13.5 Å². The van der Waals surface area contributed by atoms with E-state index < -0.39 is 0 Å². The van der Waals surface area contributed by atoms with Crippen molar-refractivity contribution in [2.24, 2.45) is 0 Å². The molecule has 80 valence electrons. The van der Waals surface area contributed by atoms with E-state index in [4.69, 9.17) is 0 Å². The molecule has 1 unspecified atom stereocenters. The summed E-state index contributed by atoms with van der Waals surface area (Å²) in [4.78, 5) is 15.4. The van der Waals surface area contributed by atoms with Gasteiger partial charge in [-0.25, -0.2) is 4.79 Å². The summed E-state index contributed by atoms with van der Waals surface area (Å²) >= 11 is 0. The summed E-state index contributed by atoms with van der Waals surface area (Å²) in [5.74, 6) is -0.339. The van der Waals surface area contributed by atoms with Gasteiger partial charge >= 0.3 is 5.97 Å². The third-order valence-corrected chi connectivity index (χ3v) is 2.62. The summed E-state index contributed by atoms with van der Waals surface area (Å²) in [6.07, 6.45) is 3.87. The molecule has 0 spiro atoms. The molecule has 4 heteroatoms. The highest BCUT2D eigenvalue weighted by Gasteiger charge is 2.17. The van der Waals surface area contributed by atoms with E-state index in [2.05, 4.69) is 15.0 Å². The number of methoxy groups -OCH3 is 1. The Labute approximate surface area is 88.7 Å². The van der Waals surface area contributed by atoms with E-state index in [9.17, 15) is 4.79 Å². The smallest absolute Gasteiger partial charge is 0.339 e. The number of ether oxygens (including phenoxy) is 1. The molecule has 0 bridgehead atoms. The average molecular weight is 206 g/mol. The summed E-state index contributed by atoms with van der Waals surface area (Å²) in [5.41, 5.74) is 1.50. The van der Waals surface area contributed by atoms with Crippen LogP contribution >= 0.6 is 0 Å². The Morgan fingerprint density at radius 1 is 1.60 bits per heavy atom. The Hall–Kier alpha value is -1.42. The van der Waals surface area contributed by atoms with E-state index in [0.717, 1.165) is 18.7 Å². The van der Waals surface area contributed by atoms with Gasteiger partial charge < -0.3 is 10.1 Å². The van der Waals surface area contributed by atoms with Crippen molar-refractivity contribution in [2.45, 2.75) is 18.9 Å². The second kappa shape index (κ2) is 4.40. The van der Waals surface area contributed by atoms with Crippen LogP contribution in [0.4, 0.5) is 0 Å². The third kappa shape index (κ3) is 2.15. The fourth-order valence-electron chi connectivity index (χ4n) is 1.79. The highest BCUT2D eigenvalue weighted by molar-refractivity contribution is 5.88. The molecule has 1 atom stereocenters. The fraction of sp³-hybridized carbons (Fsp3) is 0.455. The lowest BCUT2D eigenvalue weighted by molar-refractivity contribution is 0.0600. The van der Waals surface area contributed by atoms with Crippen LogP contribution in [-0.2, 0) is 4.74 Å². The molecule has 0 radical (unpaired) electrons. The van der Waals surface area contributed by atoms with Crippen molar-refractivity contribution >= 4 is 5.97 Å². The first-order valence-electron chi connectivity index (χ1n) is 5.09. The molecule has 1 aliphatic heterocycles. The fourth-order valence-corrected chi connectivity index (χ4v) is 1.79. The third-order valence-electron chi connectivity index (χ3n) is 2.62. The zero-order valence-electron chi connectivity index (χ0n) is 8.69. The monoisotopic (exact) mass is 206 g/mol. The molecule has 1 aliphatic rings. The molecular weight excluding hydrogens is 192 g/mol.